The van der Waals surface area contributed by atoms with Crippen molar-refractivity contribution < 1.29 is 19.1 Å². The number of nitrogens with zero attached hydrogens (tertiary/aromatic N) is 2. The van der Waals surface area contributed by atoms with Gasteiger partial charge >= 0.3 is 0 Å². The molecule has 2 aliphatic heterocycles. The van der Waals surface area contributed by atoms with Crippen LogP contribution in [0.2, 0.25) is 0 Å². The maximum atomic E-state index is 13.3. The van der Waals surface area contributed by atoms with Crippen molar-refractivity contribution in [2.75, 3.05) is 29.4 Å². The summed E-state index contributed by atoms with van der Waals surface area (Å²) in [6.45, 7) is 3.38. The van der Waals surface area contributed by atoms with Crippen LogP contribution in [-0.4, -0.2) is 43.5 Å². The van der Waals surface area contributed by atoms with Gasteiger partial charge in [0.15, 0.2) is 6.10 Å². The molecule has 4 rings (SSSR count). The highest BCUT2D eigenvalue weighted by Gasteiger charge is 2.34. The van der Waals surface area contributed by atoms with Crippen molar-refractivity contribution in [2.45, 2.75) is 32.3 Å². The lowest BCUT2D eigenvalue weighted by atomic mass is 10.1. The minimum atomic E-state index is -0.767. The number of hydrogen-bond donors (Lipinski definition) is 1. The van der Waals surface area contributed by atoms with E-state index in [4.69, 9.17) is 4.74 Å². The van der Waals surface area contributed by atoms with E-state index in [2.05, 4.69) is 5.32 Å². The number of fused-ring (bicyclic) bond motifs is 1. The van der Waals surface area contributed by atoms with Gasteiger partial charge in [-0.1, -0.05) is 19.1 Å². The van der Waals surface area contributed by atoms with Gasteiger partial charge < -0.3 is 19.9 Å². The second-order valence-electron chi connectivity index (χ2n) is 7.48. The van der Waals surface area contributed by atoms with E-state index in [-0.39, 0.29) is 24.3 Å². The quantitative estimate of drug-likeness (QED) is 0.827. The molecule has 2 aromatic rings. The van der Waals surface area contributed by atoms with E-state index in [0.29, 0.717) is 36.5 Å². The Bertz CT molecular complexity index is 957. The Morgan fingerprint density at radius 1 is 1.13 bits per heavy atom. The Balaban J connectivity index is 1.57. The molecule has 156 valence electrons. The van der Waals surface area contributed by atoms with Crippen molar-refractivity contribution in [1.29, 1.82) is 0 Å². The maximum absolute atomic E-state index is 13.3. The Morgan fingerprint density at radius 2 is 1.90 bits per heavy atom. The minimum absolute atomic E-state index is 0.108. The first-order valence-corrected chi connectivity index (χ1v) is 10.3. The van der Waals surface area contributed by atoms with E-state index in [1.165, 1.54) is 0 Å². The lowest BCUT2D eigenvalue weighted by Crippen LogP contribution is -2.50. The van der Waals surface area contributed by atoms with Crippen LogP contribution in [0.5, 0.6) is 5.75 Å². The van der Waals surface area contributed by atoms with E-state index in [0.717, 1.165) is 18.5 Å². The first-order chi connectivity index (χ1) is 14.6. The molecule has 0 bridgehead atoms. The number of ether oxygens (including phenoxy) is 1. The SMILES string of the molecule is CCCNC(=O)[C@H]1CN(C(=O)c2ccc(N3CCCC3=O)cc2)c2ccccc2O1. The number of para-hydroxylation sites is 2. The predicted molar refractivity (Wildman–Crippen MR) is 114 cm³/mol. The molecule has 0 radical (unpaired) electrons. The third-order valence-corrected chi connectivity index (χ3v) is 5.36. The zero-order valence-corrected chi connectivity index (χ0v) is 17.0. The Kier molecular flexibility index (Phi) is 5.70. The monoisotopic (exact) mass is 407 g/mol. The fourth-order valence-electron chi connectivity index (χ4n) is 3.79. The summed E-state index contributed by atoms with van der Waals surface area (Å²) in [6, 6.07) is 14.3. The molecule has 0 aliphatic carbocycles. The van der Waals surface area contributed by atoms with Crippen LogP contribution in [0.1, 0.15) is 36.5 Å². The van der Waals surface area contributed by atoms with Gasteiger partial charge in [-0.25, -0.2) is 0 Å². The predicted octanol–water partition coefficient (Wildman–Crippen LogP) is 2.75. The van der Waals surface area contributed by atoms with Gasteiger partial charge in [0.25, 0.3) is 11.8 Å². The summed E-state index contributed by atoms with van der Waals surface area (Å²) in [4.78, 5) is 41.1. The molecule has 7 nitrogen and oxygen atoms in total. The van der Waals surface area contributed by atoms with Crippen molar-refractivity contribution in [3.05, 3.63) is 54.1 Å². The summed E-state index contributed by atoms with van der Waals surface area (Å²) >= 11 is 0. The number of nitrogens with one attached hydrogen (secondary N) is 1. The summed E-state index contributed by atoms with van der Waals surface area (Å²) < 4.78 is 5.86. The summed E-state index contributed by atoms with van der Waals surface area (Å²) in [5.41, 5.74) is 1.93. The number of amides is 3. The highest BCUT2D eigenvalue weighted by Crippen LogP contribution is 2.34. The van der Waals surface area contributed by atoms with Crippen molar-refractivity contribution in [2.24, 2.45) is 0 Å². The molecule has 0 spiro atoms. The highest BCUT2D eigenvalue weighted by molar-refractivity contribution is 6.08. The summed E-state index contributed by atoms with van der Waals surface area (Å²) in [5.74, 6) is 0.176. The van der Waals surface area contributed by atoms with Gasteiger partial charge in [-0.15, -0.1) is 0 Å². The first kappa shape index (κ1) is 19.9. The van der Waals surface area contributed by atoms with Crippen LogP contribution in [0.4, 0.5) is 11.4 Å². The fourth-order valence-corrected chi connectivity index (χ4v) is 3.79. The van der Waals surface area contributed by atoms with Crippen molar-refractivity contribution >= 4 is 29.1 Å². The molecule has 7 heteroatoms. The zero-order chi connectivity index (χ0) is 21.1. The summed E-state index contributed by atoms with van der Waals surface area (Å²) in [5, 5.41) is 2.84. The second kappa shape index (κ2) is 8.57. The molecule has 3 amide bonds. The standard InChI is InChI=1S/C23H25N3O4/c1-2-13-24-22(28)20-15-26(18-6-3-4-7-19(18)30-20)23(29)16-9-11-17(12-10-16)25-14-5-8-21(25)27/h3-4,6-7,9-12,20H,2,5,8,13-15H2,1H3,(H,24,28)/t20-/m1/s1. The Morgan fingerprint density at radius 3 is 2.60 bits per heavy atom. The van der Waals surface area contributed by atoms with Crippen molar-refractivity contribution in [3.8, 4) is 5.75 Å². The van der Waals surface area contributed by atoms with Gasteiger partial charge in [0, 0.05) is 30.8 Å². The lowest BCUT2D eigenvalue weighted by molar-refractivity contribution is -0.127. The molecule has 30 heavy (non-hydrogen) atoms. The molecule has 2 heterocycles. The smallest absolute Gasteiger partial charge is 0.262 e. The van der Waals surface area contributed by atoms with Crippen LogP contribution in [0.15, 0.2) is 48.5 Å². The molecular weight excluding hydrogens is 382 g/mol. The molecule has 2 aromatic carbocycles. The van der Waals surface area contributed by atoms with Gasteiger partial charge in [0.2, 0.25) is 5.91 Å². The number of anilines is 2. The summed E-state index contributed by atoms with van der Waals surface area (Å²) in [7, 11) is 0. The average Bonchev–Trinajstić information content (AvgIpc) is 3.22. The molecular formula is C23H25N3O4. The summed E-state index contributed by atoms with van der Waals surface area (Å²) in [6.07, 6.45) is 1.47. The van der Waals surface area contributed by atoms with Crippen LogP contribution < -0.4 is 19.9 Å². The average molecular weight is 407 g/mol. The number of carbonyl (C=O) groups excluding carboxylic acids is 3. The van der Waals surface area contributed by atoms with Crippen molar-refractivity contribution in [3.63, 3.8) is 0 Å². The van der Waals surface area contributed by atoms with Gasteiger partial charge in [-0.05, 0) is 49.2 Å². The van der Waals surface area contributed by atoms with Crippen LogP contribution in [0.25, 0.3) is 0 Å². The van der Waals surface area contributed by atoms with Gasteiger partial charge in [0.05, 0.1) is 12.2 Å². The lowest BCUT2D eigenvalue weighted by Gasteiger charge is -2.34. The maximum Gasteiger partial charge on any atom is 0.262 e. The van der Waals surface area contributed by atoms with E-state index in [1.54, 1.807) is 40.1 Å². The van der Waals surface area contributed by atoms with Gasteiger partial charge in [-0.2, -0.15) is 0 Å². The van der Waals surface area contributed by atoms with Crippen LogP contribution in [-0.2, 0) is 9.59 Å². The Labute approximate surface area is 175 Å². The van der Waals surface area contributed by atoms with Crippen LogP contribution in [0.3, 0.4) is 0 Å². The highest BCUT2D eigenvalue weighted by atomic mass is 16.5. The van der Waals surface area contributed by atoms with E-state index in [1.807, 2.05) is 25.1 Å². The molecule has 1 fully saturated rings. The van der Waals surface area contributed by atoms with E-state index in [9.17, 15) is 14.4 Å². The zero-order valence-electron chi connectivity index (χ0n) is 17.0. The molecule has 0 saturated carbocycles. The molecule has 0 aromatic heterocycles. The number of rotatable bonds is 5. The molecule has 0 unspecified atom stereocenters. The van der Waals surface area contributed by atoms with Gasteiger partial charge in [0.1, 0.15) is 5.75 Å². The molecule has 2 aliphatic rings. The van der Waals surface area contributed by atoms with Crippen molar-refractivity contribution in [1.82, 2.24) is 5.32 Å². The third kappa shape index (κ3) is 3.87. The topological polar surface area (TPSA) is 79.0 Å². The van der Waals surface area contributed by atoms with Crippen LogP contribution in [0, 0.1) is 0 Å². The number of benzene rings is 2. The normalized spacial score (nSPS) is 18.0. The minimum Gasteiger partial charge on any atom is -0.477 e. The van der Waals surface area contributed by atoms with E-state index < -0.39 is 6.10 Å². The fraction of sp³-hybridized carbons (Fsp3) is 0.348. The number of carbonyl (C=O) groups is 3. The largest absolute Gasteiger partial charge is 0.477 e. The van der Waals surface area contributed by atoms with E-state index >= 15 is 0 Å². The molecule has 1 atom stereocenters. The first-order valence-electron chi connectivity index (χ1n) is 10.3. The molecule has 1 saturated heterocycles. The Hall–Kier alpha value is -3.35. The second-order valence-corrected chi connectivity index (χ2v) is 7.48. The van der Waals surface area contributed by atoms with Gasteiger partial charge in [-0.3, -0.25) is 14.4 Å². The third-order valence-electron chi connectivity index (χ3n) is 5.36. The number of hydrogen-bond acceptors (Lipinski definition) is 4. The van der Waals surface area contributed by atoms with Crippen LogP contribution >= 0.6 is 0 Å². The molecule has 1 N–H and O–H groups in total.